The van der Waals surface area contributed by atoms with E-state index in [0.717, 1.165) is 5.56 Å². The van der Waals surface area contributed by atoms with Gasteiger partial charge in [-0.25, -0.2) is 4.79 Å². The van der Waals surface area contributed by atoms with Crippen LogP contribution in [0.5, 0.6) is 11.5 Å². The topological polar surface area (TPSA) is 95.9 Å². The number of carbonyl (C=O) groups excluding carboxylic acids is 2. The first kappa shape index (κ1) is 26.8. The fraction of sp³-hybridized carbons (Fsp3) is 0.207. The summed E-state index contributed by atoms with van der Waals surface area (Å²) in [5.74, 6) is -0.668. The number of rotatable bonds is 8. The molecule has 0 fully saturated rings. The number of benzene rings is 3. The highest BCUT2D eigenvalue weighted by Gasteiger charge is 2.28. The van der Waals surface area contributed by atoms with Crippen molar-refractivity contribution < 1.29 is 23.8 Å². The molecule has 1 atom stereocenters. The predicted molar refractivity (Wildman–Crippen MR) is 147 cm³/mol. The molecule has 0 radical (unpaired) electrons. The second-order valence-electron chi connectivity index (χ2n) is 8.48. The summed E-state index contributed by atoms with van der Waals surface area (Å²) in [5.41, 5.74) is 1.29. The first-order valence-electron chi connectivity index (χ1n) is 11.9. The third kappa shape index (κ3) is 5.08. The summed E-state index contributed by atoms with van der Waals surface area (Å²) < 4.78 is 17.5. The molecule has 196 valence electrons. The molecule has 0 aliphatic heterocycles. The van der Waals surface area contributed by atoms with Gasteiger partial charge in [0.2, 0.25) is 0 Å². The van der Waals surface area contributed by atoms with Crippen LogP contribution in [0.1, 0.15) is 23.8 Å². The highest BCUT2D eigenvalue weighted by molar-refractivity contribution is 6.32. The molecule has 1 N–H and O–H groups in total. The van der Waals surface area contributed by atoms with Gasteiger partial charge in [-0.15, -0.1) is 0 Å². The summed E-state index contributed by atoms with van der Waals surface area (Å²) in [7, 11) is 4.43. The minimum absolute atomic E-state index is 0.0521. The fourth-order valence-electron chi connectivity index (χ4n) is 4.28. The molecule has 1 unspecified atom stereocenters. The molecule has 3 aromatic carbocycles. The molecule has 4 rings (SSSR count). The molecule has 38 heavy (non-hydrogen) atoms. The normalized spacial score (nSPS) is 11.6. The van der Waals surface area contributed by atoms with Crippen LogP contribution < -0.4 is 20.3 Å². The minimum atomic E-state index is -1.15. The van der Waals surface area contributed by atoms with Crippen molar-refractivity contribution in [1.29, 1.82) is 0 Å². The van der Waals surface area contributed by atoms with Gasteiger partial charge in [-0.1, -0.05) is 67.1 Å². The molecule has 0 aliphatic carbocycles. The molecule has 4 aromatic rings. The maximum Gasteiger partial charge on any atom is 0.356 e. The van der Waals surface area contributed by atoms with Crippen molar-refractivity contribution in [3.63, 3.8) is 0 Å². The van der Waals surface area contributed by atoms with Crippen LogP contribution in [-0.4, -0.2) is 36.8 Å². The molecule has 0 aliphatic rings. The number of aromatic nitrogens is 1. The van der Waals surface area contributed by atoms with E-state index in [-0.39, 0.29) is 22.7 Å². The van der Waals surface area contributed by atoms with E-state index in [0.29, 0.717) is 33.5 Å². The molecule has 1 heterocycles. The minimum Gasteiger partial charge on any atom is -0.495 e. The van der Waals surface area contributed by atoms with Crippen LogP contribution in [0.3, 0.4) is 0 Å². The van der Waals surface area contributed by atoms with Crippen LogP contribution in [0, 0.1) is 0 Å². The third-order valence-corrected chi connectivity index (χ3v) is 6.50. The van der Waals surface area contributed by atoms with E-state index in [1.165, 1.54) is 31.9 Å². The number of fused-ring (bicyclic) bond motifs is 1. The highest BCUT2D eigenvalue weighted by atomic mass is 35.5. The van der Waals surface area contributed by atoms with Crippen molar-refractivity contribution in [2.45, 2.75) is 19.4 Å². The molecule has 0 bridgehead atoms. The number of pyridine rings is 1. The van der Waals surface area contributed by atoms with Gasteiger partial charge < -0.3 is 24.1 Å². The first-order valence-corrected chi connectivity index (χ1v) is 12.3. The SMILES string of the molecule is CCC(OC(=O)c1c(-c2ccccc2)c2ccccc2c(=O)n1C)C(=O)Nc1cc(Cl)c(OC)cc1OC. The Labute approximate surface area is 224 Å². The summed E-state index contributed by atoms with van der Waals surface area (Å²) >= 11 is 6.23. The second kappa shape index (κ2) is 11.4. The maximum atomic E-state index is 13.6. The number of esters is 1. The molecule has 0 spiro atoms. The lowest BCUT2D eigenvalue weighted by Crippen LogP contribution is -2.34. The standard InChI is InChI=1S/C29H27ClN2O6/c1-5-22(27(33)31-21-15-20(30)23(36-3)16-24(21)37-4)38-29(35)26-25(17-11-7-6-8-12-17)18-13-9-10-14-19(18)28(34)32(26)2/h6-16,22H,5H2,1-4H3,(H,31,33). The van der Waals surface area contributed by atoms with E-state index < -0.39 is 18.0 Å². The summed E-state index contributed by atoms with van der Waals surface area (Å²) in [5, 5.41) is 4.07. The Balaban J connectivity index is 1.72. The number of anilines is 1. The Hall–Kier alpha value is -4.30. The van der Waals surface area contributed by atoms with Gasteiger partial charge in [0, 0.05) is 24.1 Å². The van der Waals surface area contributed by atoms with Crippen molar-refractivity contribution in [3.05, 3.63) is 87.8 Å². The number of carbonyl (C=O) groups is 2. The smallest absolute Gasteiger partial charge is 0.356 e. The Morgan fingerprint density at radius 3 is 2.21 bits per heavy atom. The van der Waals surface area contributed by atoms with Crippen LogP contribution in [0.2, 0.25) is 5.02 Å². The highest BCUT2D eigenvalue weighted by Crippen LogP contribution is 2.36. The van der Waals surface area contributed by atoms with E-state index in [1.54, 1.807) is 37.3 Å². The summed E-state index contributed by atoms with van der Waals surface area (Å²) in [6, 6.07) is 19.4. The van der Waals surface area contributed by atoms with Gasteiger partial charge in [0.15, 0.2) is 6.10 Å². The quantitative estimate of drug-likeness (QED) is 0.302. The molecule has 0 saturated carbocycles. The zero-order valence-corrected chi connectivity index (χ0v) is 22.2. The lowest BCUT2D eigenvalue weighted by atomic mass is 9.97. The Kier molecular flexibility index (Phi) is 8.02. The largest absolute Gasteiger partial charge is 0.495 e. The van der Waals surface area contributed by atoms with Crippen molar-refractivity contribution in [2.24, 2.45) is 7.05 Å². The number of methoxy groups -OCH3 is 2. The zero-order chi connectivity index (χ0) is 27.4. The van der Waals surface area contributed by atoms with Crippen LogP contribution >= 0.6 is 11.6 Å². The van der Waals surface area contributed by atoms with Crippen LogP contribution in [0.15, 0.2) is 71.5 Å². The fourth-order valence-corrected chi connectivity index (χ4v) is 4.52. The summed E-state index contributed by atoms with van der Waals surface area (Å²) in [6.07, 6.45) is -0.968. The number of ether oxygens (including phenoxy) is 3. The molecule has 9 heteroatoms. The van der Waals surface area contributed by atoms with E-state index in [2.05, 4.69) is 5.32 Å². The van der Waals surface area contributed by atoms with Crippen molar-refractivity contribution in [3.8, 4) is 22.6 Å². The van der Waals surface area contributed by atoms with E-state index in [1.807, 2.05) is 30.3 Å². The Morgan fingerprint density at radius 1 is 0.947 bits per heavy atom. The van der Waals surface area contributed by atoms with E-state index in [4.69, 9.17) is 25.8 Å². The lowest BCUT2D eigenvalue weighted by Gasteiger charge is -2.21. The van der Waals surface area contributed by atoms with Crippen LogP contribution in [-0.2, 0) is 16.6 Å². The molecular weight excluding hydrogens is 508 g/mol. The van der Waals surface area contributed by atoms with Crippen molar-refractivity contribution in [2.75, 3.05) is 19.5 Å². The van der Waals surface area contributed by atoms with Gasteiger partial charge in [-0.2, -0.15) is 0 Å². The lowest BCUT2D eigenvalue weighted by molar-refractivity contribution is -0.124. The van der Waals surface area contributed by atoms with Gasteiger partial charge in [-0.3, -0.25) is 9.59 Å². The Morgan fingerprint density at radius 2 is 1.58 bits per heavy atom. The first-order chi connectivity index (χ1) is 18.3. The average Bonchev–Trinajstić information content (AvgIpc) is 2.93. The molecular formula is C29H27ClN2O6. The molecule has 1 aromatic heterocycles. The number of hydrogen-bond acceptors (Lipinski definition) is 6. The van der Waals surface area contributed by atoms with Crippen molar-refractivity contribution in [1.82, 2.24) is 4.57 Å². The van der Waals surface area contributed by atoms with Gasteiger partial charge in [-0.05, 0) is 29.5 Å². The number of hydrogen-bond donors (Lipinski definition) is 1. The van der Waals surface area contributed by atoms with E-state index >= 15 is 0 Å². The Bertz CT molecular complexity index is 1570. The number of halogens is 1. The van der Waals surface area contributed by atoms with Crippen molar-refractivity contribution >= 4 is 39.9 Å². The summed E-state index contributed by atoms with van der Waals surface area (Å²) in [4.78, 5) is 40.0. The molecule has 8 nitrogen and oxygen atoms in total. The van der Waals surface area contributed by atoms with Gasteiger partial charge in [0.25, 0.3) is 11.5 Å². The monoisotopic (exact) mass is 534 g/mol. The molecule has 1 amide bonds. The zero-order valence-electron chi connectivity index (χ0n) is 21.4. The number of nitrogens with one attached hydrogen (secondary N) is 1. The average molecular weight is 535 g/mol. The predicted octanol–water partition coefficient (Wildman–Crippen LogP) is 5.45. The van der Waals surface area contributed by atoms with Gasteiger partial charge in [0.05, 0.1) is 24.9 Å². The molecule has 0 saturated heterocycles. The maximum absolute atomic E-state index is 13.6. The van der Waals surface area contributed by atoms with Gasteiger partial charge in [0.1, 0.15) is 17.2 Å². The second-order valence-corrected chi connectivity index (χ2v) is 8.89. The number of amides is 1. The number of nitrogens with zero attached hydrogens (tertiary/aromatic N) is 1. The van der Waals surface area contributed by atoms with E-state index in [9.17, 15) is 14.4 Å². The van der Waals surface area contributed by atoms with Gasteiger partial charge >= 0.3 is 5.97 Å². The third-order valence-electron chi connectivity index (χ3n) is 6.20. The van der Waals surface area contributed by atoms with Crippen LogP contribution in [0.4, 0.5) is 5.69 Å². The summed E-state index contributed by atoms with van der Waals surface area (Å²) in [6.45, 7) is 1.72. The van der Waals surface area contributed by atoms with Crippen LogP contribution in [0.25, 0.3) is 21.9 Å².